The Labute approximate surface area is 126 Å². The molecular formula is C15H26N2O4. The van der Waals surface area contributed by atoms with E-state index in [1.165, 1.54) is 0 Å². The van der Waals surface area contributed by atoms with E-state index < -0.39 is 17.4 Å². The molecule has 1 unspecified atom stereocenters. The maximum atomic E-state index is 12.4. The topological polar surface area (TPSA) is 67.9 Å². The molecule has 0 aromatic carbocycles. The first-order valence-corrected chi connectivity index (χ1v) is 7.10. The number of alkyl carbamates (subject to hydrolysis) is 1. The highest BCUT2D eigenvalue weighted by molar-refractivity contribution is 5.83. The predicted octanol–water partition coefficient (Wildman–Crippen LogP) is 2.05. The molecule has 1 fully saturated rings. The first-order valence-electron chi connectivity index (χ1n) is 7.10. The monoisotopic (exact) mass is 298 g/mol. The highest BCUT2D eigenvalue weighted by Gasteiger charge is 2.42. The number of nitrogens with zero attached hydrogens (tertiary/aromatic N) is 1. The van der Waals surface area contributed by atoms with Crippen LogP contribution >= 0.6 is 0 Å². The highest BCUT2D eigenvalue weighted by atomic mass is 16.6. The van der Waals surface area contributed by atoms with E-state index in [-0.39, 0.29) is 18.5 Å². The van der Waals surface area contributed by atoms with Crippen LogP contribution in [0.4, 0.5) is 4.79 Å². The summed E-state index contributed by atoms with van der Waals surface area (Å²) in [6, 6.07) is -0.0505. The first-order chi connectivity index (χ1) is 9.57. The summed E-state index contributed by atoms with van der Waals surface area (Å²) in [5, 5.41) is 2.48. The van der Waals surface area contributed by atoms with Gasteiger partial charge in [-0.05, 0) is 41.0 Å². The molecule has 0 spiro atoms. The summed E-state index contributed by atoms with van der Waals surface area (Å²) < 4.78 is 10.7. The van der Waals surface area contributed by atoms with Gasteiger partial charge in [0.15, 0.2) is 0 Å². The lowest BCUT2D eigenvalue weighted by molar-refractivity contribution is -0.145. The SMILES string of the molecule is C=CCC1COC(C)(C)N1C(=O)CNC(=O)OC(C)(C)C. The van der Waals surface area contributed by atoms with Gasteiger partial charge in [0.2, 0.25) is 5.91 Å². The Balaban J connectivity index is 2.60. The molecule has 2 amide bonds. The van der Waals surface area contributed by atoms with Gasteiger partial charge < -0.3 is 19.7 Å². The summed E-state index contributed by atoms with van der Waals surface area (Å²) in [7, 11) is 0. The number of hydrogen-bond acceptors (Lipinski definition) is 4. The van der Waals surface area contributed by atoms with Gasteiger partial charge >= 0.3 is 6.09 Å². The van der Waals surface area contributed by atoms with Gasteiger partial charge in [-0.1, -0.05) is 6.08 Å². The fourth-order valence-corrected chi connectivity index (χ4v) is 2.30. The molecular weight excluding hydrogens is 272 g/mol. The Morgan fingerprint density at radius 3 is 2.62 bits per heavy atom. The van der Waals surface area contributed by atoms with E-state index >= 15 is 0 Å². The zero-order valence-electron chi connectivity index (χ0n) is 13.6. The maximum absolute atomic E-state index is 12.4. The number of nitrogens with one attached hydrogen (secondary N) is 1. The van der Waals surface area contributed by atoms with Gasteiger partial charge in [-0.25, -0.2) is 4.79 Å². The zero-order valence-corrected chi connectivity index (χ0v) is 13.6. The molecule has 0 aromatic rings. The second-order valence-electron chi connectivity index (χ2n) is 6.56. The highest BCUT2D eigenvalue weighted by Crippen LogP contribution is 2.28. The van der Waals surface area contributed by atoms with Gasteiger partial charge in [0.05, 0.1) is 12.6 Å². The first kappa shape index (κ1) is 17.5. The van der Waals surface area contributed by atoms with Gasteiger partial charge in [0.25, 0.3) is 0 Å². The average Bonchev–Trinajstić information content (AvgIpc) is 2.60. The second kappa shape index (κ2) is 6.47. The molecule has 1 aliphatic rings. The van der Waals surface area contributed by atoms with Crippen molar-refractivity contribution < 1.29 is 19.1 Å². The summed E-state index contributed by atoms with van der Waals surface area (Å²) in [6.45, 7) is 13.0. The lowest BCUT2D eigenvalue weighted by Gasteiger charge is -2.33. The fourth-order valence-electron chi connectivity index (χ4n) is 2.30. The van der Waals surface area contributed by atoms with Crippen LogP contribution in [-0.2, 0) is 14.3 Å². The number of amides is 2. The second-order valence-corrected chi connectivity index (χ2v) is 6.56. The van der Waals surface area contributed by atoms with Crippen LogP contribution in [0.1, 0.15) is 41.0 Å². The van der Waals surface area contributed by atoms with Crippen molar-refractivity contribution in [2.24, 2.45) is 0 Å². The maximum Gasteiger partial charge on any atom is 0.408 e. The molecule has 21 heavy (non-hydrogen) atoms. The molecule has 1 atom stereocenters. The third-order valence-corrected chi connectivity index (χ3v) is 3.06. The summed E-state index contributed by atoms with van der Waals surface area (Å²) in [4.78, 5) is 25.6. The van der Waals surface area contributed by atoms with Crippen LogP contribution in [0.3, 0.4) is 0 Å². The molecule has 1 saturated heterocycles. The standard InChI is InChI=1S/C15H26N2O4/c1-7-8-11-10-20-15(5,6)17(11)12(18)9-16-13(19)21-14(2,3)4/h7,11H,1,8-10H2,2-6H3,(H,16,19). The largest absolute Gasteiger partial charge is 0.444 e. The molecule has 0 aliphatic carbocycles. The Bertz CT molecular complexity index is 412. The fraction of sp³-hybridized carbons (Fsp3) is 0.733. The smallest absolute Gasteiger partial charge is 0.408 e. The van der Waals surface area contributed by atoms with Crippen molar-refractivity contribution in [1.29, 1.82) is 0 Å². The van der Waals surface area contributed by atoms with E-state index in [1.807, 2.05) is 13.8 Å². The van der Waals surface area contributed by atoms with Crippen molar-refractivity contribution in [1.82, 2.24) is 10.2 Å². The molecule has 0 radical (unpaired) electrons. The van der Waals surface area contributed by atoms with Gasteiger partial charge in [-0.15, -0.1) is 6.58 Å². The number of carbonyl (C=O) groups is 2. The number of rotatable bonds is 4. The van der Waals surface area contributed by atoms with Crippen LogP contribution < -0.4 is 5.32 Å². The Morgan fingerprint density at radius 2 is 2.10 bits per heavy atom. The lowest BCUT2D eigenvalue weighted by atomic mass is 10.1. The minimum atomic E-state index is -0.680. The molecule has 0 saturated carbocycles. The normalized spacial score (nSPS) is 21.0. The minimum Gasteiger partial charge on any atom is -0.444 e. The molecule has 1 heterocycles. The third-order valence-electron chi connectivity index (χ3n) is 3.06. The summed E-state index contributed by atoms with van der Waals surface area (Å²) in [5.41, 5.74) is -1.27. The van der Waals surface area contributed by atoms with E-state index in [1.54, 1.807) is 31.7 Å². The van der Waals surface area contributed by atoms with Crippen molar-refractivity contribution in [3.63, 3.8) is 0 Å². The Morgan fingerprint density at radius 1 is 1.48 bits per heavy atom. The quantitative estimate of drug-likeness (QED) is 0.807. The van der Waals surface area contributed by atoms with Gasteiger partial charge in [0.1, 0.15) is 17.9 Å². The van der Waals surface area contributed by atoms with E-state index in [0.717, 1.165) is 0 Å². The predicted molar refractivity (Wildman–Crippen MR) is 79.7 cm³/mol. The minimum absolute atomic E-state index is 0.0505. The molecule has 6 heteroatoms. The molecule has 1 N–H and O–H groups in total. The molecule has 6 nitrogen and oxygen atoms in total. The molecule has 0 bridgehead atoms. The van der Waals surface area contributed by atoms with Crippen molar-refractivity contribution >= 4 is 12.0 Å². The van der Waals surface area contributed by atoms with Gasteiger partial charge in [-0.2, -0.15) is 0 Å². The van der Waals surface area contributed by atoms with E-state index in [2.05, 4.69) is 11.9 Å². The van der Waals surface area contributed by atoms with Crippen molar-refractivity contribution in [2.45, 2.75) is 58.4 Å². The van der Waals surface area contributed by atoms with Crippen LogP contribution in [0, 0.1) is 0 Å². The summed E-state index contributed by atoms with van der Waals surface area (Å²) in [6.07, 6.45) is 1.81. The van der Waals surface area contributed by atoms with E-state index in [0.29, 0.717) is 13.0 Å². The van der Waals surface area contributed by atoms with E-state index in [4.69, 9.17) is 9.47 Å². The number of ether oxygens (including phenoxy) is 2. The Hall–Kier alpha value is -1.56. The van der Waals surface area contributed by atoms with Crippen molar-refractivity contribution in [3.8, 4) is 0 Å². The van der Waals surface area contributed by atoms with Crippen LogP contribution in [0.25, 0.3) is 0 Å². The van der Waals surface area contributed by atoms with Crippen LogP contribution in [0.5, 0.6) is 0 Å². The third kappa shape index (κ3) is 5.04. The lowest BCUT2D eigenvalue weighted by Crippen LogP contribution is -2.51. The van der Waals surface area contributed by atoms with Crippen LogP contribution in [0.2, 0.25) is 0 Å². The number of hydrogen-bond donors (Lipinski definition) is 1. The van der Waals surface area contributed by atoms with Crippen LogP contribution in [0.15, 0.2) is 12.7 Å². The zero-order chi connectivity index (χ0) is 16.3. The van der Waals surface area contributed by atoms with Crippen molar-refractivity contribution in [2.75, 3.05) is 13.2 Å². The average molecular weight is 298 g/mol. The van der Waals surface area contributed by atoms with Crippen LogP contribution in [-0.4, -0.2) is 47.4 Å². The molecule has 0 aromatic heterocycles. The summed E-state index contributed by atoms with van der Waals surface area (Å²) in [5.74, 6) is -0.199. The molecule has 1 aliphatic heterocycles. The molecule has 1 rings (SSSR count). The molecule has 120 valence electrons. The number of carbonyl (C=O) groups excluding carboxylic acids is 2. The van der Waals surface area contributed by atoms with Crippen molar-refractivity contribution in [3.05, 3.63) is 12.7 Å². The van der Waals surface area contributed by atoms with E-state index in [9.17, 15) is 9.59 Å². The van der Waals surface area contributed by atoms with Gasteiger partial charge in [-0.3, -0.25) is 4.79 Å². The Kier molecular flexibility index (Phi) is 5.39. The van der Waals surface area contributed by atoms with Gasteiger partial charge in [0, 0.05) is 0 Å². The summed E-state index contributed by atoms with van der Waals surface area (Å²) >= 11 is 0.